The molecule has 3 aromatic carbocycles. The minimum atomic E-state index is -0.274. The third kappa shape index (κ3) is 5.32. The van der Waals surface area contributed by atoms with Crippen molar-refractivity contribution in [2.45, 2.75) is 13.2 Å². The molecule has 0 bridgehead atoms. The molecule has 0 aliphatic rings. The van der Waals surface area contributed by atoms with Crippen molar-refractivity contribution in [3.8, 4) is 11.5 Å². The van der Waals surface area contributed by atoms with E-state index < -0.39 is 0 Å². The van der Waals surface area contributed by atoms with Gasteiger partial charge in [0, 0.05) is 12.2 Å². The van der Waals surface area contributed by atoms with Crippen molar-refractivity contribution in [2.24, 2.45) is 0 Å². The van der Waals surface area contributed by atoms with Crippen LogP contribution in [0.15, 0.2) is 60.7 Å². The molecular weight excluding hydrogens is 463 g/mol. The van der Waals surface area contributed by atoms with Gasteiger partial charge in [0.25, 0.3) is 0 Å². The molecule has 0 fully saturated rings. The third-order valence-corrected chi connectivity index (χ3v) is 4.73. The highest BCUT2D eigenvalue weighted by Crippen LogP contribution is 2.34. The van der Waals surface area contributed by atoms with Crippen LogP contribution in [0.3, 0.4) is 0 Å². The molecule has 0 aliphatic carbocycles. The molecule has 6 heteroatoms. The average molecular weight is 481 g/mol. The lowest BCUT2D eigenvalue weighted by Crippen LogP contribution is -2.03. The van der Waals surface area contributed by atoms with Crippen molar-refractivity contribution in [1.82, 2.24) is 0 Å². The number of methoxy groups -OCH3 is 1. The predicted octanol–water partition coefficient (Wildman–Crippen LogP) is 5.77. The fraction of sp³-hybridized carbons (Fsp3) is 0.143. The van der Waals surface area contributed by atoms with Crippen LogP contribution in [0.25, 0.3) is 0 Å². The van der Waals surface area contributed by atoms with E-state index in [1.165, 1.54) is 24.3 Å². The summed E-state index contributed by atoms with van der Waals surface area (Å²) in [5.41, 5.74) is 2.72. The fourth-order valence-corrected chi connectivity index (χ4v) is 3.34. The van der Waals surface area contributed by atoms with Gasteiger partial charge in [-0.15, -0.1) is 0 Å². The van der Waals surface area contributed by atoms with E-state index in [0.717, 1.165) is 20.4 Å². The number of anilines is 1. The molecule has 27 heavy (non-hydrogen) atoms. The molecule has 0 amide bonds. The monoisotopic (exact) mass is 481 g/mol. The summed E-state index contributed by atoms with van der Waals surface area (Å²) in [6, 6.07) is 16.3. The standard InChI is InChI=1S/C21H18F2INO2/c1-26-20-11-15(12-25-18-8-6-17(23)7-9-18)10-19(24)21(20)27-13-14-2-4-16(22)5-3-14/h2-11,25H,12-13H2,1H3. The topological polar surface area (TPSA) is 30.5 Å². The van der Waals surface area contributed by atoms with Gasteiger partial charge < -0.3 is 14.8 Å². The summed E-state index contributed by atoms with van der Waals surface area (Å²) in [7, 11) is 1.59. The second-order valence-corrected chi connectivity index (χ2v) is 7.05. The second-order valence-electron chi connectivity index (χ2n) is 5.88. The van der Waals surface area contributed by atoms with E-state index >= 15 is 0 Å². The van der Waals surface area contributed by atoms with Gasteiger partial charge in [0.1, 0.15) is 18.2 Å². The third-order valence-electron chi connectivity index (χ3n) is 3.93. The predicted molar refractivity (Wildman–Crippen MR) is 110 cm³/mol. The molecule has 0 radical (unpaired) electrons. The zero-order chi connectivity index (χ0) is 19.2. The summed E-state index contributed by atoms with van der Waals surface area (Å²) >= 11 is 2.20. The highest BCUT2D eigenvalue weighted by atomic mass is 127. The van der Waals surface area contributed by atoms with Crippen LogP contribution in [0.4, 0.5) is 14.5 Å². The van der Waals surface area contributed by atoms with Crippen molar-refractivity contribution in [3.05, 3.63) is 87.0 Å². The second kappa shape index (κ2) is 9.03. The molecule has 140 valence electrons. The minimum absolute atomic E-state index is 0.264. The quantitative estimate of drug-likeness (QED) is 0.435. The molecule has 0 saturated heterocycles. The lowest BCUT2D eigenvalue weighted by atomic mass is 10.2. The maximum Gasteiger partial charge on any atom is 0.174 e. The number of halogens is 3. The Balaban J connectivity index is 1.70. The van der Waals surface area contributed by atoms with E-state index in [-0.39, 0.29) is 11.6 Å². The van der Waals surface area contributed by atoms with Crippen LogP contribution in [0.1, 0.15) is 11.1 Å². The molecule has 1 N–H and O–H groups in total. The zero-order valence-electron chi connectivity index (χ0n) is 14.6. The Bertz CT molecular complexity index is 899. The van der Waals surface area contributed by atoms with Gasteiger partial charge in [-0.3, -0.25) is 0 Å². The van der Waals surface area contributed by atoms with E-state index in [1.807, 2.05) is 12.1 Å². The highest BCUT2D eigenvalue weighted by Gasteiger charge is 2.12. The van der Waals surface area contributed by atoms with Gasteiger partial charge in [-0.2, -0.15) is 0 Å². The number of rotatable bonds is 7. The average Bonchev–Trinajstić information content (AvgIpc) is 2.67. The van der Waals surface area contributed by atoms with Gasteiger partial charge in [0.2, 0.25) is 0 Å². The lowest BCUT2D eigenvalue weighted by molar-refractivity contribution is 0.282. The maximum absolute atomic E-state index is 13.0. The number of hydrogen-bond acceptors (Lipinski definition) is 3. The molecule has 3 rings (SSSR count). The van der Waals surface area contributed by atoms with E-state index in [1.54, 1.807) is 31.4 Å². The van der Waals surface area contributed by atoms with Crippen LogP contribution in [0.5, 0.6) is 11.5 Å². The Morgan fingerprint density at radius 1 is 0.889 bits per heavy atom. The van der Waals surface area contributed by atoms with Gasteiger partial charge in [-0.25, -0.2) is 8.78 Å². The molecule has 0 unspecified atom stereocenters. The van der Waals surface area contributed by atoms with Crippen LogP contribution in [0, 0.1) is 15.2 Å². The minimum Gasteiger partial charge on any atom is -0.493 e. The van der Waals surface area contributed by atoms with Crippen molar-refractivity contribution < 1.29 is 18.3 Å². The summed E-state index contributed by atoms with van der Waals surface area (Å²) in [6.45, 7) is 0.885. The summed E-state index contributed by atoms with van der Waals surface area (Å²) in [4.78, 5) is 0. The Morgan fingerprint density at radius 2 is 1.52 bits per heavy atom. The summed E-state index contributed by atoms with van der Waals surface area (Å²) in [6.07, 6.45) is 0. The first-order valence-electron chi connectivity index (χ1n) is 8.28. The molecular formula is C21H18F2INO2. The zero-order valence-corrected chi connectivity index (χ0v) is 16.8. The molecule has 3 aromatic rings. The first-order valence-corrected chi connectivity index (χ1v) is 9.36. The molecule has 0 saturated carbocycles. The van der Waals surface area contributed by atoms with Crippen LogP contribution >= 0.6 is 22.6 Å². The fourth-order valence-electron chi connectivity index (χ4n) is 2.52. The first kappa shape index (κ1) is 19.4. The number of nitrogens with one attached hydrogen (secondary N) is 1. The van der Waals surface area contributed by atoms with Crippen molar-refractivity contribution in [1.29, 1.82) is 0 Å². The smallest absolute Gasteiger partial charge is 0.174 e. The van der Waals surface area contributed by atoms with E-state index in [2.05, 4.69) is 27.9 Å². The number of ether oxygens (including phenoxy) is 2. The SMILES string of the molecule is COc1cc(CNc2ccc(F)cc2)cc(I)c1OCc1ccc(F)cc1. The molecule has 0 spiro atoms. The van der Waals surface area contributed by atoms with E-state index in [9.17, 15) is 8.78 Å². The van der Waals surface area contributed by atoms with Crippen molar-refractivity contribution >= 4 is 28.3 Å². The number of benzene rings is 3. The Kier molecular flexibility index (Phi) is 6.49. The molecule has 3 nitrogen and oxygen atoms in total. The van der Waals surface area contributed by atoms with Crippen LogP contribution in [-0.4, -0.2) is 7.11 Å². The summed E-state index contributed by atoms with van der Waals surface area (Å²) in [5.74, 6) is 0.733. The summed E-state index contributed by atoms with van der Waals surface area (Å²) in [5, 5.41) is 3.25. The summed E-state index contributed by atoms with van der Waals surface area (Å²) < 4.78 is 38.3. The number of hydrogen-bond donors (Lipinski definition) is 1. The van der Waals surface area contributed by atoms with Gasteiger partial charge in [0.05, 0.1) is 10.7 Å². The van der Waals surface area contributed by atoms with Crippen LogP contribution in [0.2, 0.25) is 0 Å². The van der Waals surface area contributed by atoms with Gasteiger partial charge in [-0.1, -0.05) is 12.1 Å². The van der Waals surface area contributed by atoms with Crippen LogP contribution in [-0.2, 0) is 13.2 Å². The first-order chi connectivity index (χ1) is 13.0. The Hall–Kier alpha value is -2.35. The Labute approximate surface area is 170 Å². The van der Waals surface area contributed by atoms with Crippen LogP contribution < -0.4 is 14.8 Å². The van der Waals surface area contributed by atoms with Gasteiger partial charge >= 0.3 is 0 Å². The molecule has 0 aliphatic heterocycles. The maximum atomic E-state index is 13.0. The normalized spacial score (nSPS) is 10.5. The van der Waals surface area contributed by atoms with Crippen molar-refractivity contribution in [2.75, 3.05) is 12.4 Å². The molecule has 0 atom stereocenters. The van der Waals surface area contributed by atoms with Gasteiger partial charge in [-0.05, 0) is 82.2 Å². The molecule has 0 heterocycles. The highest BCUT2D eigenvalue weighted by molar-refractivity contribution is 14.1. The van der Waals surface area contributed by atoms with E-state index in [0.29, 0.717) is 24.7 Å². The lowest BCUT2D eigenvalue weighted by Gasteiger charge is -2.15. The Morgan fingerprint density at radius 3 is 2.15 bits per heavy atom. The molecule has 0 aromatic heterocycles. The largest absolute Gasteiger partial charge is 0.493 e. The van der Waals surface area contributed by atoms with E-state index in [4.69, 9.17) is 9.47 Å². The van der Waals surface area contributed by atoms with Gasteiger partial charge in [0.15, 0.2) is 11.5 Å². The van der Waals surface area contributed by atoms with Crippen molar-refractivity contribution in [3.63, 3.8) is 0 Å².